The molecule has 0 saturated heterocycles. The number of aryl methyl sites for hydroxylation is 2. The SMILES string of the molecule is CCc1cccc(C)c1Nc1nnc(Sc2ncc([N+](=O)[O-])cn2)s1. The van der Waals surface area contributed by atoms with E-state index in [9.17, 15) is 10.1 Å². The van der Waals surface area contributed by atoms with E-state index in [-0.39, 0.29) is 5.69 Å². The summed E-state index contributed by atoms with van der Waals surface area (Å²) in [6.45, 7) is 4.15. The van der Waals surface area contributed by atoms with E-state index in [2.05, 4.69) is 38.5 Å². The van der Waals surface area contributed by atoms with E-state index in [0.717, 1.165) is 17.7 Å². The maximum Gasteiger partial charge on any atom is 0.305 e. The van der Waals surface area contributed by atoms with Gasteiger partial charge in [0.25, 0.3) is 0 Å². The number of rotatable bonds is 6. The number of para-hydroxylation sites is 1. The summed E-state index contributed by atoms with van der Waals surface area (Å²) in [7, 11) is 0. The zero-order chi connectivity index (χ0) is 17.8. The number of anilines is 2. The number of nitrogens with one attached hydrogen (secondary N) is 1. The summed E-state index contributed by atoms with van der Waals surface area (Å²) in [6.07, 6.45) is 3.27. The second-order valence-corrected chi connectivity index (χ2v) is 7.24. The number of hydrogen-bond acceptors (Lipinski definition) is 9. The maximum absolute atomic E-state index is 10.6. The molecule has 1 aromatic carbocycles. The molecule has 0 bridgehead atoms. The van der Waals surface area contributed by atoms with Crippen LogP contribution in [-0.2, 0) is 6.42 Å². The minimum atomic E-state index is -0.533. The Morgan fingerprint density at radius 2 is 2.04 bits per heavy atom. The largest absolute Gasteiger partial charge is 0.330 e. The Morgan fingerprint density at radius 3 is 2.72 bits per heavy atom. The fourth-order valence-electron chi connectivity index (χ4n) is 2.14. The van der Waals surface area contributed by atoms with Crippen molar-refractivity contribution in [2.24, 2.45) is 0 Å². The fourth-order valence-corrected chi connectivity index (χ4v) is 3.70. The Kier molecular flexibility index (Phi) is 5.19. The molecule has 0 aliphatic heterocycles. The maximum atomic E-state index is 10.6. The molecule has 8 nitrogen and oxygen atoms in total. The van der Waals surface area contributed by atoms with Crippen LogP contribution in [0.1, 0.15) is 18.1 Å². The van der Waals surface area contributed by atoms with Gasteiger partial charge >= 0.3 is 5.69 Å². The van der Waals surface area contributed by atoms with Gasteiger partial charge in [-0.15, -0.1) is 10.2 Å². The van der Waals surface area contributed by atoms with Crippen LogP contribution in [0.2, 0.25) is 0 Å². The standard InChI is InChI=1S/C15H14N6O2S2/c1-3-10-6-4-5-9(2)12(10)18-14-19-20-15(25-14)24-13-16-7-11(8-17-13)21(22)23/h4-8H,3H2,1-2H3,(H,18,19). The quantitative estimate of drug-likeness (QED) is 0.392. The molecule has 0 saturated carbocycles. The van der Waals surface area contributed by atoms with Crippen molar-refractivity contribution in [2.45, 2.75) is 29.8 Å². The molecule has 2 aromatic heterocycles. The first-order valence-corrected chi connectivity index (χ1v) is 9.03. The first-order valence-electron chi connectivity index (χ1n) is 7.40. The van der Waals surface area contributed by atoms with Crippen LogP contribution in [0.3, 0.4) is 0 Å². The molecule has 0 fully saturated rings. The Balaban J connectivity index is 1.74. The van der Waals surface area contributed by atoms with Crippen LogP contribution in [0, 0.1) is 17.0 Å². The van der Waals surface area contributed by atoms with Gasteiger partial charge in [-0.3, -0.25) is 10.1 Å². The molecule has 0 aliphatic carbocycles. The van der Waals surface area contributed by atoms with Crippen molar-refractivity contribution in [3.05, 3.63) is 51.8 Å². The summed E-state index contributed by atoms with van der Waals surface area (Å²) in [4.78, 5) is 18.0. The molecule has 3 aromatic rings. The molecule has 0 amide bonds. The molecule has 0 unspecified atom stereocenters. The zero-order valence-electron chi connectivity index (χ0n) is 13.5. The van der Waals surface area contributed by atoms with E-state index >= 15 is 0 Å². The number of nitro groups is 1. The first-order chi connectivity index (χ1) is 12.1. The Hall–Kier alpha value is -2.59. The molecule has 10 heteroatoms. The van der Waals surface area contributed by atoms with E-state index in [1.807, 2.05) is 19.1 Å². The molecule has 0 aliphatic rings. The predicted octanol–water partition coefficient (Wildman–Crippen LogP) is 4.00. The van der Waals surface area contributed by atoms with Gasteiger partial charge in [0.1, 0.15) is 12.4 Å². The zero-order valence-corrected chi connectivity index (χ0v) is 15.1. The van der Waals surface area contributed by atoms with Crippen molar-refractivity contribution in [1.82, 2.24) is 20.2 Å². The van der Waals surface area contributed by atoms with Gasteiger partial charge < -0.3 is 5.32 Å². The van der Waals surface area contributed by atoms with Gasteiger partial charge in [-0.05, 0) is 36.2 Å². The third kappa shape index (κ3) is 4.09. The number of aromatic nitrogens is 4. The summed E-state index contributed by atoms with van der Waals surface area (Å²) in [5.41, 5.74) is 3.26. The van der Waals surface area contributed by atoms with Crippen LogP contribution < -0.4 is 5.32 Å². The second kappa shape index (κ2) is 7.53. The van der Waals surface area contributed by atoms with Crippen molar-refractivity contribution in [1.29, 1.82) is 0 Å². The number of hydrogen-bond donors (Lipinski definition) is 1. The average molecular weight is 374 g/mol. The summed E-state index contributed by atoms with van der Waals surface area (Å²) >= 11 is 2.59. The normalized spacial score (nSPS) is 10.6. The lowest BCUT2D eigenvalue weighted by Crippen LogP contribution is -1.97. The predicted molar refractivity (Wildman–Crippen MR) is 96.6 cm³/mol. The average Bonchev–Trinajstić information content (AvgIpc) is 3.04. The molecule has 1 N–H and O–H groups in total. The highest BCUT2D eigenvalue weighted by molar-refractivity contribution is 8.00. The highest BCUT2D eigenvalue weighted by Crippen LogP contribution is 2.33. The lowest BCUT2D eigenvalue weighted by Gasteiger charge is -2.11. The monoisotopic (exact) mass is 374 g/mol. The third-order valence-corrected chi connectivity index (χ3v) is 5.17. The van der Waals surface area contributed by atoms with Crippen molar-refractivity contribution < 1.29 is 4.92 Å². The summed E-state index contributed by atoms with van der Waals surface area (Å²) in [5, 5.41) is 23.3. The summed E-state index contributed by atoms with van der Waals surface area (Å²) < 4.78 is 0.656. The van der Waals surface area contributed by atoms with Crippen LogP contribution in [0.5, 0.6) is 0 Å². The Bertz CT molecular complexity index is 897. The molecule has 2 heterocycles. The number of nitrogens with zero attached hydrogens (tertiary/aromatic N) is 5. The highest BCUT2D eigenvalue weighted by atomic mass is 32.2. The van der Waals surface area contributed by atoms with E-state index in [1.165, 1.54) is 41.1 Å². The third-order valence-electron chi connectivity index (χ3n) is 3.38. The fraction of sp³-hybridized carbons (Fsp3) is 0.200. The number of benzene rings is 1. The van der Waals surface area contributed by atoms with E-state index < -0.39 is 4.92 Å². The van der Waals surface area contributed by atoms with Crippen LogP contribution in [0.25, 0.3) is 0 Å². The van der Waals surface area contributed by atoms with Crippen LogP contribution in [0.4, 0.5) is 16.5 Å². The van der Waals surface area contributed by atoms with Crippen LogP contribution in [0.15, 0.2) is 40.1 Å². The van der Waals surface area contributed by atoms with Crippen molar-refractivity contribution >= 4 is 39.6 Å². The van der Waals surface area contributed by atoms with Gasteiger partial charge in [-0.25, -0.2) is 9.97 Å². The summed E-state index contributed by atoms with van der Waals surface area (Å²) in [5.74, 6) is 0. The van der Waals surface area contributed by atoms with Crippen LogP contribution in [-0.4, -0.2) is 25.1 Å². The minimum absolute atomic E-state index is 0.143. The van der Waals surface area contributed by atoms with Gasteiger partial charge in [0.15, 0.2) is 9.50 Å². The Labute approximate surface area is 151 Å². The lowest BCUT2D eigenvalue weighted by atomic mass is 10.1. The molecule has 3 rings (SSSR count). The molecule has 0 radical (unpaired) electrons. The van der Waals surface area contributed by atoms with Gasteiger partial charge in [0, 0.05) is 5.69 Å². The molecule has 0 spiro atoms. The molecular formula is C15H14N6O2S2. The van der Waals surface area contributed by atoms with Crippen LogP contribution >= 0.6 is 23.1 Å². The Morgan fingerprint density at radius 1 is 1.28 bits per heavy atom. The molecular weight excluding hydrogens is 360 g/mol. The molecule has 25 heavy (non-hydrogen) atoms. The lowest BCUT2D eigenvalue weighted by molar-refractivity contribution is -0.385. The van der Waals surface area contributed by atoms with E-state index in [4.69, 9.17) is 0 Å². The van der Waals surface area contributed by atoms with Crippen molar-refractivity contribution in [2.75, 3.05) is 5.32 Å². The van der Waals surface area contributed by atoms with Gasteiger partial charge in [-0.2, -0.15) is 0 Å². The van der Waals surface area contributed by atoms with Gasteiger partial charge in [-0.1, -0.05) is 36.5 Å². The van der Waals surface area contributed by atoms with Gasteiger partial charge in [0.2, 0.25) is 5.13 Å². The highest BCUT2D eigenvalue weighted by Gasteiger charge is 2.12. The minimum Gasteiger partial charge on any atom is -0.330 e. The summed E-state index contributed by atoms with van der Waals surface area (Å²) in [6, 6.07) is 6.16. The smallest absolute Gasteiger partial charge is 0.305 e. The second-order valence-electron chi connectivity index (χ2n) is 5.04. The van der Waals surface area contributed by atoms with E-state index in [0.29, 0.717) is 14.6 Å². The van der Waals surface area contributed by atoms with Crippen molar-refractivity contribution in [3.8, 4) is 0 Å². The van der Waals surface area contributed by atoms with Crippen molar-refractivity contribution in [3.63, 3.8) is 0 Å². The van der Waals surface area contributed by atoms with Gasteiger partial charge in [0.05, 0.1) is 4.92 Å². The first kappa shape index (κ1) is 17.2. The molecule has 0 atom stereocenters. The molecule has 128 valence electrons. The topological polar surface area (TPSA) is 107 Å². The van der Waals surface area contributed by atoms with E-state index in [1.54, 1.807) is 0 Å².